The van der Waals surface area contributed by atoms with E-state index < -0.39 is 48.4 Å². The maximum atomic E-state index is 12.4. The zero-order valence-corrected chi connectivity index (χ0v) is 18.9. The van der Waals surface area contributed by atoms with Crippen molar-refractivity contribution < 1.29 is 55.9 Å². The maximum Gasteiger partial charge on any atom is 0.490 e. The predicted molar refractivity (Wildman–Crippen MR) is 104 cm³/mol. The summed E-state index contributed by atoms with van der Waals surface area (Å²) >= 11 is 0. The van der Waals surface area contributed by atoms with Crippen LogP contribution in [0.1, 0.15) is 18.9 Å². The first-order valence-corrected chi connectivity index (χ1v) is 13.4. The van der Waals surface area contributed by atoms with Crippen LogP contribution in [0, 0.1) is 5.92 Å². The lowest BCUT2D eigenvalue weighted by Crippen LogP contribution is -2.48. The predicted octanol–water partition coefficient (Wildman–Crippen LogP) is 0.817. The highest BCUT2D eigenvalue weighted by Gasteiger charge is 2.44. The lowest BCUT2D eigenvalue weighted by atomic mass is 10.0. The first-order chi connectivity index (χ1) is 14.6. The largest absolute Gasteiger partial charge is 0.490 e. The molecule has 0 spiro atoms. The van der Waals surface area contributed by atoms with Crippen molar-refractivity contribution >= 4 is 35.3 Å². The number of hydrogen-bond acceptors (Lipinski definition) is 9. The Bertz CT molecular complexity index is 1090. The Labute approximate surface area is 179 Å². The Morgan fingerprint density at radius 1 is 1.12 bits per heavy atom. The number of amides is 2. The number of pyridine rings is 1. The number of ether oxygens (including phenoxy) is 1. The Hall–Kier alpha value is -1.41. The molecule has 5 atom stereocenters. The summed E-state index contributed by atoms with van der Waals surface area (Å²) in [5, 5.41) is 2.54. The van der Waals surface area contributed by atoms with E-state index in [4.69, 9.17) is 19.4 Å². The molecule has 32 heavy (non-hydrogen) atoms. The number of fused-ring (bicyclic) bond motifs is 1. The smallest absolute Gasteiger partial charge is 0.352 e. The van der Waals surface area contributed by atoms with Crippen molar-refractivity contribution in [3.63, 3.8) is 0 Å². The van der Waals surface area contributed by atoms with E-state index in [0.29, 0.717) is 5.56 Å². The molecule has 3 rings (SSSR count). The van der Waals surface area contributed by atoms with Crippen LogP contribution in [0.25, 0.3) is 0 Å². The molecular weight excluding hydrogens is 499 g/mol. The van der Waals surface area contributed by atoms with E-state index in [0.717, 1.165) is 0 Å². The summed E-state index contributed by atoms with van der Waals surface area (Å²) in [6, 6.07) is 2.32. The van der Waals surface area contributed by atoms with Gasteiger partial charge in [-0.25, -0.2) is 18.5 Å². The molecular formula is C13H20N3O13P3. The molecule has 1 aromatic rings. The number of urea groups is 1. The summed E-state index contributed by atoms with van der Waals surface area (Å²) in [6.45, 7) is 1.27. The molecule has 2 amide bonds. The number of phosphoric acid groups is 3. The van der Waals surface area contributed by atoms with Crippen molar-refractivity contribution in [2.24, 2.45) is 5.92 Å². The topological polar surface area (TPSA) is 234 Å². The van der Waals surface area contributed by atoms with Crippen LogP contribution in [0.2, 0.25) is 0 Å². The molecule has 0 aromatic carbocycles. The maximum absolute atomic E-state index is 12.4. The van der Waals surface area contributed by atoms with Gasteiger partial charge in [-0.2, -0.15) is 8.62 Å². The van der Waals surface area contributed by atoms with E-state index in [9.17, 15) is 28.2 Å². The highest BCUT2D eigenvalue weighted by Crippen LogP contribution is 2.66. The number of hydrogen-bond donors (Lipinski definition) is 6. The third-order valence-corrected chi connectivity index (χ3v) is 8.24. The summed E-state index contributed by atoms with van der Waals surface area (Å²) in [5.74, 6) is 0.0215. The van der Waals surface area contributed by atoms with Crippen LogP contribution in [-0.2, 0) is 38.1 Å². The number of nitrogens with one attached hydrogen (secondary N) is 2. The standard InChI is InChI=1S/C13H20N3O13P3/c1-7-4-9(6-26-31(22,23)29-32(24,25)28-30(19,20)21)27-12(7)16-5-8-2-3-10(17)14-11(8)15-13(16)18/h2-3,7,9,12H,4-6H2,1H3,(H,22,23)(H,24,25)(H2,19,20,21)(H2,14,15,17,18)/t7-,9-,12+/m0/s1. The molecule has 0 saturated carbocycles. The van der Waals surface area contributed by atoms with E-state index >= 15 is 0 Å². The summed E-state index contributed by atoms with van der Waals surface area (Å²) < 4.78 is 51.4. The third kappa shape index (κ3) is 6.56. The molecule has 16 nitrogen and oxygen atoms in total. The molecule has 3 heterocycles. The average Bonchev–Trinajstić information content (AvgIpc) is 2.97. The van der Waals surface area contributed by atoms with Crippen LogP contribution in [0.15, 0.2) is 16.9 Å². The minimum atomic E-state index is -5.61. The minimum absolute atomic E-state index is 0.121. The van der Waals surface area contributed by atoms with Crippen molar-refractivity contribution in [3.8, 4) is 0 Å². The molecule has 180 valence electrons. The summed E-state index contributed by atoms with van der Waals surface area (Å²) in [7, 11) is -16.4. The molecule has 2 unspecified atom stereocenters. The number of H-pyrrole nitrogens is 1. The number of rotatable bonds is 8. The van der Waals surface area contributed by atoms with Gasteiger partial charge >= 0.3 is 29.5 Å². The Morgan fingerprint density at radius 3 is 2.47 bits per heavy atom. The Kier molecular flexibility index (Phi) is 7.16. The van der Waals surface area contributed by atoms with Crippen molar-refractivity contribution in [1.82, 2.24) is 9.88 Å². The highest BCUT2D eigenvalue weighted by molar-refractivity contribution is 7.66. The molecule has 19 heteroatoms. The monoisotopic (exact) mass is 519 g/mol. The van der Waals surface area contributed by atoms with Gasteiger partial charge in [-0.3, -0.25) is 19.5 Å². The van der Waals surface area contributed by atoms with Crippen LogP contribution < -0.4 is 10.9 Å². The lowest BCUT2D eigenvalue weighted by Gasteiger charge is -2.34. The van der Waals surface area contributed by atoms with E-state index in [1.807, 2.05) is 0 Å². The van der Waals surface area contributed by atoms with Gasteiger partial charge in [0.15, 0.2) is 0 Å². The zero-order valence-electron chi connectivity index (χ0n) is 16.3. The van der Waals surface area contributed by atoms with E-state index in [2.05, 4.69) is 23.4 Å². The van der Waals surface area contributed by atoms with Gasteiger partial charge in [0.2, 0.25) is 5.56 Å². The molecule has 0 radical (unpaired) electrons. The second-order valence-electron chi connectivity index (χ2n) is 7.03. The normalized spacial score (nSPS) is 27.3. The second kappa shape index (κ2) is 9.09. The minimum Gasteiger partial charge on any atom is -0.352 e. The number of nitrogens with zero attached hydrogens (tertiary/aromatic N) is 1. The molecule has 6 N–H and O–H groups in total. The van der Waals surface area contributed by atoms with Gasteiger partial charge in [0.05, 0.1) is 19.3 Å². The first-order valence-electron chi connectivity index (χ1n) is 8.88. The second-order valence-corrected chi connectivity index (χ2v) is 11.4. The number of carbonyl (C=O) groups excluding carboxylic acids is 1. The first kappa shape index (κ1) is 25.2. The number of phosphoric ester groups is 1. The SMILES string of the molecule is C[C@H]1C[C@@H](COP(=O)(O)OP(=O)(O)OP(=O)(O)O)O[C@H]1N1Cc2ccc(=O)[nH]c2NC1=O. The van der Waals surface area contributed by atoms with Crippen LogP contribution in [-0.4, -0.2) is 54.4 Å². The van der Waals surface area contributed by atoms with Gasteiger partial charge in [-0.15, -0.1) is 0 Å². The lowest BCUT2D eigenvalue weighted by molar-refractivity contribution is -0.0614. The van der Waals surface area contributed by atoms with E-state index in [-0.39, 0.29) is 30.3 Å². The molecule has 1 fully saturated rings. The van der Waals surface area contributed by atoms with Gasteiger partial charge in [-0.1, -0.05) is 6.92 Å². The van der Waals surface area contributed by atoms with Gasteiger partial charge in [0.1, 0.15) is 12.0 Å². The van der Waals surface area contributed by atoms with Crippen molar-refractivity contribution in [1.29, 1.82) is 0 Å². The van der Waals surface area contributed by atoms with Gasteiger partial charge in [0.25, 0.3) is 0 Å². The highest BCUT2D eigenvalue weighted by atomic mass is 31.3. The molecule has 2 aliphatic rings. The quantitative estimate of drug-likeness (QED) is 0.261. The van der Waals surface area contributed by atoms with Gasteiger partial charge in [-0.05, 0) is 12.5 Å². The molecule has 1 aromatic heterocycles. The van der Waals surface area contributed by atoms with Crippen LogP contribution in [0.4, 0.5) is 10.6 Å². The molecule has 0 aliphatic carbocycles. The van der Waals surface area contributed by atoms with Crippen molar-refractivity contribution in [3.05, 3.63) is 28.0 Å². The van der Waals surface area contributed by atoms with Gasteiger partial charge in [0, 0.05) is 17.5 Å². The fourth-order valence-corrected chi connectivity index (χ4v) is 6.32. The van der Waals surface area contributed by atoms with E-state index in [1.54, 1.807) is 13.0 Å². The number of carbonyl (C=O) groups is 1. The molecule has 1 saturated heterocycles. The number of aromatic amines is 1. The fraction of sp³-hybridized carbons (Fsp3) is 0.538. The third-order valence-electron chi connectivity index (χ3n) is 4.44. The van der Waals surface area contributed by atoms with Crippen molar-refractivity contribution in [2.75, 3.05) is 11.9 Å². The summed E-state index contributed by atoms with van der Waals surface area (Å²) in [4.78, 5) is 63.4. The Morgan fingerprint density at radius 2 is 1.81 bits per heavy atom. The van der Waals surface area contributed by atoms with Crippen LogP contribution >= 0.6 is 23.5 Å². The molecule has 0 bridgehead atoms. The zero-order chi connectivity index (χ0) is 23.9. The van der Waals surface area contributed by atoms with Gasteiger partial charge < -0.3 is 29.3 Å². The summed E-state index contributed by atoms with van der Waals surface area (Å²) in [5.41, 5.74) is 0.256. The Balaban J connectivity index is 1.59. The molecule has 2 aliphatic heterocycles. The summed E-state index contributed by atoms with van der Waals surface area (Å²) in [6.07, 6.45) is -1.32. The number of aromatic nitrogens is 1. The van der Waals surface area contributed by atoms with Crippen LogP contribution in [0.5, 0.6) is 0 Å². The van der Waals surface area contributed by atoms with E-state index in [1.165, 1.54) is 11.0 Å². The fourth-order valence-electron chi connectivity index (χ4n) is 3.27. The van der Waals surface area contributed by atoms with Crippen molar-refractivity contribution in [2.45, 2.75) is 32.2 Å². The van der Waals surface area contributed by atoms with Crippen LogP contribution in [0.3, 0.4) is 0 Å². The average molecular weight is 519 g/mol. The number of anilines is 1.